The molecule has 2 rings (SSSR count). The highest BCUT2D eigenvalue weighted by molar-refractivity contribution is 5.31. The van der Waals surface area contributed by atoms with Crippen LogP contribution in [0.3, 0.4) is 0 Å². The van der Waals surface area contributed by atoms with Crippen LogP contribution in [0.1, 0.15) is 30.8 Å². The first-order valence-corrected chi connectivity index (χ1v) is 6.67. The van der Waals surface area contributed by atoms with Gasteiger partial charge in [0.15, 0.2) is 11.6 Å². The van der Waals surface area contributed by atoms with Crippen molar-refractivity contribution < 1.29 is 14.2 Å². The van der Waals surface area contributed by atoms with Crippen LogP contribution in [0.5, 0.6) is 5.75 Å². The van der Waals surface area contributed by atoms with Gasteiger partial charge in [-0.1, -0.05) is 13.0 Å². The summed E-state index contributed by atoms with van der Waals surface area (Å²) in [5.74, 6) is 0.525. The van der Waals surface area contributed by atoms with Crippen LogP contribution in [-0.2, 0) is 13.0 Å². The topological polar surface area (TPSA) is 47.3 Å². The van der Waals surface area contributed by atoms with Crippen molar-refractivity contribution in [1.29, 1.82) is 0 Å². The van der Waals surface area contributed by atoms with Crippen LogP contribution >= 0.6 is 0 Å². The molecular weight excluding hydrogens is 259 g/mol. The van der Waals surface area contributed by atoms with E-state index in [1.807, 2.05) is 10.8 Å². The van der Waals surface area contributed by atoms with Gasteiger partial charge in [-0.25, -0.2) is 9.37 Å². The molecule has 0 aliphatic heterocycles. The van der Waals surface area contributed by atoms with E-state index in [1.54, 1.807) is 12.3 Å². The lowest BCUT2D eigenvalue weighted by molar-refractivity contribution is 0.174. The van der Waals surface area contributed by atoms with Crippen molar-refractivity contribution in [2.45, 2.75) is 32.4 Å². The first-order chi connectivity index (χ1) is 9.65. The molecule has 1 unspecified atom stereocenters. The SMILES string of the molecule is CCCn1ccnc1CC(O)c1ccc(F)c(OC)c1. The van der Waals surface area contributed by atoms with E-state index in [-0.39, 0.29) is 5.75 Å². The van der Waals surface area contributed by atoms with Gasteiger partial charge < -0.3 is 14.4 Å². The summed E-state index contributed by atoms with van der Waals surface area (Å²) in [5, 5.41) is 10.3. The molecule has 1 heterocycles. The molecule has 1 N–H and O–H groups in total. The molecule has 2 aromatic rings. The fourth-order valence-electron chi connectivity index (χ4n) is 2.15. The summed E-state index contributed by atoms with van der Waals surface area (Å²) in [6.07, 6.45) is 4.29. The monoisotopic (exact) mass is 278 g/mol. The number of nitrogens with zero attached hydrogens (tertiary/aromatic N) is 2. The van der Waals surface area contributed by atoms with Gasteiger partial charge in [0, 0.05) is 25.4 Å². The second-order valence-electron chi connectivity index (χ2n) is 4.65. The minimum atomic E-state index is -0.734. The molecule has 0 radical (unpaired) electrons. The van der Waals surface area contributed by atoms with E-state index >= 15 is 0 Å². The standard InChI is InChI=1S/C15H19FN2O2/c1-3-7-18-8-6-17-15(18)10-13(19)11-4-5-12(16)14(9-11)20-2/h4-6,8-9,13,19H,3,7,10H2,1-2H3. The molecule has 1 atom stereocenters. The van der Waals surface area contributed by atoms with Gasteiger partial charge in [0.1, 0.15) is 5.82 Å². The van der Waals surface area contributed by atoms with Gasteiger partial charge in [-0.2, -0.15) is 0 Å². The largest absolute Gasteiger partial charge is 0.494 e. The van der Waals surface area contributed by atoms with Gasteiger partial charge in [-0.05, 0) is 24.1 Å². The summed E-state index contributed by atoms with van der Waals surface area (Å²) in [4.78, 5) is 4.26. The second kappa shape index (κ2) is 6.52. The molecular formula is C15H19FN2O2. The lowest BCUT2D eigenvalue weighted by atomic mass is 10.1. The number of rotatable bonds is 6. The van der Waals surface area contributed by atoms with Crippen LogP contribution in [0, 0.1) is 5.82 Å². The van der Waals surface area contributed by atoms with E-state index < -0.39 is 11.9 Å². The highest BCUT2D eigenvalue weighted by Gasteiger charge is 2.14. The van der Waals surface area contributed by atoms with Crippen molar-refractivity contribution in [1.82, 2.24) is 9.55 Å². The quantitative estimate of drug-likeness (QED) is 0.883. The number of imidazole rings is 1. The third-order valence-electron chi connectivity index (χ3n) is 3.20. The van der Waals surface area contributed by atoms with Crippen LogP contribution in [0.2, 0.25) is 0 Å². The molecule has 4 nitrogen and oxygen atoms in total. The van der Waals surface area contributed by atoms with Crippen LogP contribution in [0.15, 0.2) is 30.6 Å². The maximum absolute atomic E-state index is 13.4. The van der Waals surface area contributed by atoms with Crippen LogP contribution < -0.4 is 4.74 Å². The van der Waals surface area contributed by atoms with Crippen molar-refractivity contribution >= 4 is 0 Å². The lowest BCUT2D eigenvalue weighted by Crippen LogP contribution is -2.09. The van der Waals surface area contributed by atoms with E-state index in [0.717, 1.165) is 18.8 Å². The number of aryl methyl sites for hydroxylation is 1. The van der Waals surface area contributed by atoms with E-state index in [2.05, 4.69) is 11.9 Å². The molecule has 0 aliphatic carbocycles. The Morgan fingerprint density at radius 3 is 2.95 bits per heavy atom. The molecule has 0 spiro atoms. The predicted molar refractivity (Wildman–Crippen MR) is 74.1 cm³/mol. The van der Waals surface area contributed by atoms with Gasteiger partial charge in [-0.15, -0.1) is 0 Å². The van der Waals surface area contributed by atoms with Crippen LogP contribution in [-0.4, -0.2) is 21.8 Å². The third kappa shape index (κ3) is 3.17. The molecule has 1 aromatic carbocycles. The summed E-state index contributed by atoms with van der Waals surface area (Å²) < 4.78 is 20.3. The molecule has 0 saturated carbocycles. The van der Waals surface area contributed by atoms with E-state index in [9.17, 15) is 9.50 Å². The fourth-order valence-corrected chi connectivity index (χ4v) is 2.15. The number of halogens is 1. The van der Waals surface area contributed by atoms with Crippen molar-refractivity contribution in [2.75, 3.05) is 7.11 Å². The van der Waals surface area contributed by atoms with Gasteiger partial charge >= 0.3 is 0 Å². The summed E-state index contributed by atoms with van der Waals surface area (Å²) in [6, 6.07) is 4.39. The Labute approximate surface area is 117 Å². The van der Waals surface area contributed by atoms with E-state index in [1.165, 1.54) is 19.2 Å². The average Bonchev–Trinajstić information content (AvgIpc) is 2.87. The molecule has 0 saturated heterocycles. The minimum absolute atomic E-state index is 0.137. The first kappa shape index (κ1) is 14.5. The molecule has 1 aromatic heterocycles. The van der Waals surface area contributed by atoms with Crippen molar-refractivity contribution in [3.05, 3.63) is 47.8 Å². The van der Waals surface area contributed by atoms with Gasteiger partial charge in [0.2, 0.25) is 0 Å². The highest BCUT2D eigenvalue weighted by Crippen LogP contribution is 2.24. The van der Waals surface area contributed by atoms with Gasteiger partial charge in [0.25, 0.3) is 0 Å². The summed E-state index contributed by atoms with van der Waals surface area (Å²) in [5.41, 5.74) is 0.620. The van der Waals surface area contributed by atoms with Crippen molar-refractivity contribution in [3.8, 4) is 5.75 Å². The molecule has 0 bridgehead atoms. The highest BCUT2D eigenvalue weighted by atomic mass is 19.1. The third-order valence-corrected chi connectivity index (χ3v) is 3.20. The Bertz CT molecular complexity index is 569. The Balaban J connectivity index is 2.15. The Hall–Kier alpha value is -1.88. The van der Waals surface area contributed by atoms with Gasteiger partial charge in [0.05, 0.1) is 13.2 Å². The zero-order valence-corrected chi connectivity index (χ0v) is 11.7. The van der Waals surface area contributed by atoms with Crippen LogP contribution in [0.4, 0.5) is 4.39 Å². The number of benzene rings is 1. The average molecular weight is 278 g/mol. The number of hydrogen-bond acceptors (Lipinski definition) is 3. The molecule has 108 valence electrons. The minimum Gasteiger partial charge on any atom is -0.494 e. The number of hydrogen-bond donors (Lipinski definition) is 1. The van der Waals surface area contributed by atoms with E-state index in [0.29, 0.717) is 12.0 Å². The number of ether oxygens (including phenoxy) is 1. The Morgan fingerprint density at radius 2 is 2.25 bits per heavy atom. The fraction of sp³-hybridized carbons (Fsp3) is 0.400. The van der Waals surface area contributed by atoms with E-state index in [4.69, 9.17) is 4.74 Å². The molecule has 20 heavy (non-hydrogen) atoms. The van der Waals surface area contributed by atoms with Crippen molar-refractivity contribution in [2.24, 2.45) is 0 Å². The number of methoxy groups -OCH3 is 1. The lowest BCUT2D eigenvalue weighted by Gasteiger charge is -2.13. The summed E-state index contributed by atoms with van der Waals surface area (Å²) in [7, 11) is 1.41. The normalized spacial score (nSPS) is 12.4. The van der Waals surface area contributed by atoms with Crippen molar-refractivity contribution in [3.63, 3.8) is 0 Å². The van der Waals surface area contributed by atoms with Crippen LogP contribution in [0.25, 0.3) is 0 Å². The zero-order valence-electron chi connectivity index (χ0n) is 11.7. The van der Waals surface area contributed by atoms with Gasteiger partial charge in [-0.3, -0.25) is 0 Å². The molecule has 5 heteroatoms. The maximum atomic E-state index is 13.4. The molecule has 0 amide bonds. The maximum Gasteiger partial charge on any atom is 0.165 e. The Kier molecular flexibility index (Phi) is 4.74. The number of aliphatic hydroxyl groups excluding tert-OH is 1. The molecule has 0 fully saturated rings. The second-order valence-corrected chi connectivity index (χ2v) is 4.65. The smallest absolute Gasteiger partial charge is 0.165 e. The summed E-state index contributed by atoms with van der Waals surface area (Å²) in [6.45, 7) is 2.96. The predicted octanol–water partition coefficient (Wildman–Crippen LogP) is 2.72. The first-order valence-electron chi connectivity index (χ1n) is 6.67. The Morgan fingerprint density at radius 1 is 1.45 bits per heavy atom. The molecule has 0 aliphatic rings. The number of aliphatic hydroxyl groups is 1. The zero-order chi connectivity index (χ0) is 14.5. The number of aromatic nitrogens is 2. The summed E-state index contributed by atoms with van der Waals surface area (Å²) >= 11 is 0.